The number of nitrogens with one attached hydrogen (secondary N) is 1. The average molecular weight is 292 g/mol. The molecule has 0 radical (unpaired) electrons. The summed E-state index contributed by atoms with van der Waals surface area (Å²) in [5.41, 5.74) is 6.75. The van der Waals surface area contributed by atoms with Gasteiger partial charge in [0.25, 0.3) is 5.91 Å². The molecule has 3 N–H and O–H groups in total. The van der Waals surface area contributed by atoms with Crippen LogP contribution in [0.15, 0.2) is 0 Å². The smallest absolute Gasteiger partial charge is 0.256 e. The monoisotopic (exact) mass is 292 g/mol. The van der Waals surface area contributed by atoms with Crippen molar-refractivity contribution < 1.29 is 4.79 Å². The van der Waals surface area contributed by atoms with Crippen LogP contribution in [-0.4, -0.2) is 26.0 Å². The molecule has 2 rings (SSSR count). The quantitative estimate of drug-likeness (QED) is 0.876. The first-order chi connectivity index (χ1) is 9.69. The van der Waals surface area contributed by atoms with Gasteiger partial charge < -0.3 is 16.0 Å². The lowest BCUT2D eigenvalue weighted by atomic mass is 10.1. The van der Waals surface area contributed by atoms with E-state index < -0.39 is 0 Å². The molecule has 0 aliphatic carbocycles. The maximum absolute atomic E-state index is 12.1. The SMILES string of the molecule is CNC(=O)c1c(N2CCCCCCC2)sc(C#N)c1N. The second kappa shape index (κ2) is 6.62. The van der Waals surface area contributed by atoms with E-state index in [2.05, 4.69) is 16.3 Å². The highest BCUT2D eigenvalue weighted by Crippen LogP contribution is 2.38. The molecule has 1 fully saturated rings. The van der Waals surface area contributed by atoms with Crippen LogP contribution in [0.4, 0.5) is 10.7 Å². The number of nitrogens with zero attached hydrogens (tertiary/aromatic N) is 2. The Morgan fingerprint density at radius 1 is 1.30 bits per heavy atom. The van der Waals surface area contributed by atoms with Gasteiger partial charge in [0.1, 0.15) is 15.9 Å². The van der Waals surface area contributed by atoms with Crippen molar-refractivity contribution in [2.24, 2.45) is 0 Å². The summed E-state index contributed by atoms with van der Waals surface area (Å²) in [5, 5.41) is 12.6. The maximum Gasteiger partial charge on any atom is 0.256 e. The van der Waals surface area contributed by atoms with Crippen molar-refractivity contribution in [3.63, 3.8) is 0 Å². The van der Waals surface area contributed by atoms with Crippen molar-refractivity contribution >= 4 is 27.9 Å². The van der Waals surface area contributed by atoms with Crippen LogP contribution in [0, 0.1) is 11.3 Å². The van der Waals surface area contributed by atoms with Gasteiger partial charge in [0.15, 0.2) is 0 Å². The number of rotatable bonds is 2. The molecule has 5 nitrogen and oxygen atoms in total. The molecular weight excluding hydrogens is 272 g/mol. The second-order valence-electron chi connectivity index (χ2n) is 4.97. The minimum Gasteiger partial charge on any atom is -0.396 e. The van der Waals surface area contributed by atoms with Gasteiger partial charge in [-0.1, -0.05) is 19.3 Å². The summed E-state index contributed by atoms with van der Waals surface area (Å²) in [6.45, 7) is 1.85. The van der Waals surface area contributed by atoms with Gasteiger partial charge in [-0.2, -0.15) is 5.26 Å². The third-order valence-electron chi connectivity index (χ3n) is 3.63. The van der Waals surface area contributed by atoms with Crippen LogP contribution >= 0.6 is 11.3 Å². The standard InChI is InChI=1S/C14H20N4OS/c1-17-13(19)11-12(16)10(9-15)20-14(11)18-7-5-3-2-4-6-8-18/h2-8,16H2,1H3,(H,17,19). The molecule has 1 aliphatic heterocycles. The third-order valence-corrected chi connectivity index (χ3v) is 4.80. The Morgan fingerprint density at radius 3 is 2.45 bits per heavy atom. The Hall–Kier alpha value is -1.74. The lowest BCUT2D eigenvalue weighted by molar-refractivity contribution is 0.0965. The van der Waals surface area contributed by atoms with Crippen molar-refractivity contribution in [3.8, 4) is 6.07 Å². The predicted octanol–water partition coefficient (Wildman–Crippen LogP) is 2.33. The van der Waals surface area contributed by atoms with Crippen LogP contribution in [0.1, 0.15) is 47.3 Å². The van der Waals surface area contributed by atoms with E-state index in [9.17, 15) is 4.79 Å². The zero-order chi connectivity index (χ0) is 14.5. The predicted molar refractivity (Wildman–Crippen MR) is 82.1 cm³/mol. The fourth-order valence-corrected chi connectivity index (χ4v) is 3.60. The van der Waals surface area contributed by atoms with Crippen LogP contribution in [0.25, 0.3) is 0 Å². The summed E-state index contributed by atoms with van der Waals surface area (Å²) in [4.78, 5) is 14.7. The van der Waals surface area contributed by atoms with E-state index in [4.69, 9.17) is 11.0 Å². The van der Waals surface area contributed by atoms with E-state index in [0.717, 1.165) is 30.9 Å². The van der Waals surface area contributed by atoms with Crippen LogP contribution in [-0.2, 0) is 0 Å². The molecule has 1 aromatic rings. The molecule has 0 atom stereocenters. The first-order valence-corrected chi connectivity index (χ1v) is 7.80. The Morgan fingerprint density at radius 2 is 1.90 bits per heavy atom. The fourth-order valence-electron chi connectivity index (χ4n) is 2.53. The summed E-state index contributed by atoms with van der Waals surface area (Å²) >= 11 is 1.33. The second-order valence-corrected chi connectivity index (χ2v) is 5.97. The fraction of sp³-hybridized carbons (Fsp3) is 0.571. The van der Waals surface area contributed by atoms with E-state index in [-0.39, 0.29) is 5.91 Å². The number of nitrogen functional groups attached to an aromatic ring is 1. The number of hydrogen-bond acceptors (Lipinski definition) is 5. The molecule has 0 aromatic carbocycles. The maximum atomic E-state index is 12.1. The largest absolute Gasteiger partial charge is 0.396 e. The van der Waals surface area contributed by atoms with Crippen LogP contribution in [0.2, 0.25) is 0 Å². The van der Waals surface area contributed by atoms with E-state index in [1.807, 2.05) is 0 Å². The molecule has 1 aliphatic rings. The van der Waals surface area contributed by atoms with Gasteiger partial charge in [0.2, 0.25) is 0 Å². The van der Waals surface area contributed by atoms with Gasteiger partial charge in [-0.3, -0.25) is 4.79 Å². The first kappa shape index (κ1) is 14.7. The molecular formula is C14H20N4OS. The Bertz CT molecular complexity index is 524. The summed E-state index contributed by atoms with van der Waals surface area (Å²) in [7, 11) is 1.59. The van der Waals surface area contributed by atoms with Crippen molar-refractivity contribution in [2.75, 3.05) is 30.8 Å². The van der Waals surface area contributed by atoms with E-state index in [0.29, 0.717) is 16.1 Å². The zero-order valence-electron chi connectivity index (χ0n) is 11.7. The van der Waals surface area contributed by atoms with E-state index in [1.165, 1.54) is 30.6 Å². The molecule has 0 spiro atoms. The number of amides is 1. The number of anilines is 2. The number of thiophene rings is 1. The Balaban J connectivity index is 2.38. The number of carbonyl (C=O) groups is 1. The Labute approximate surface area is 123 Å². The van der Waals surface area contributed by atoms with Gasteiger partial charge in [-0.25, -0.2) is 0 Å². The molecule has 1 amide bonds. The van der Waals surface area contributed by atoms with Gasteiger partial charge in [-0.05, 0) is 12.8 Å². The number of hydrogen-bond donors (Lipinski definition) is 2. The van der Waals surface area contributed by atoms with E-state index in [1.54, 1.807) is 7.05 Å². The summed E-state index contributed by atoms with van der Waals surface area (Å²) in [6.07, 6.45) is 5.96. The van der Waals surface area contributed by atoms with E-state index >= 15 is 0 Å². The zero-order valence-corrected chi connectivity index (χ0v) is 12.6. The normalized spacial score (nSPS) is 16.1. The third kappa shape index (κ3) is 2.88. The molecule has 0 bridgehead atoms. The summed E-state index contributed by atoms with van der Waals surface area (Å²) in [6, 6.07) is 2.09. The van der Waals surface area contributed by atoms with Crippen LogP contribution < -0.4 is 16.0 Å². The molecule has 0 saturated carbocycles. The molecule has 0 unspecified atom stereocenters. The first-order valence-electron chi connectivity index (χ1n) is 6.98. The number of nitriles is 1. The average Bonchev–Trinajstić information content (AvgIpc) is 2.74. The van der Waals surface area contributed by atoms with Crippen molar-refractivity contribution in [3.05, 3.63) is 10.4 Å². The highest BCUT2D eigenvalue weighted by atomic mass is 32.1. The summed E-state index contributed by atoms with van der Waals surface area (Å²) < 4.78 is 0. The number of nitrogens with two attached hydrogens (primary N) is 1. The highest BCUT2D eigenvalue weighted by molar-refractivity contribution is 7.17. The minimum atomic E-state index is -0.211. The topological polar surface area (TPSA) is 82.2 Å². The molecule has 20 heavy (non-hydrogen) atoms. The Kier molecular flexibility index (Phi) is 4.85. The molecule has 108 valence electrons. The molecule has 6 heteroatoms. The lowest BCUT2D eigenvalue weighted by Gasteiger charge is -2.26. The lowest BCUT2D eigenvalue weighted by Crippen LogP contribution is -2.29. The highest BCUT2D eigenvalue weighted by Gasteiger charge is 2.25. The van der Waals surface area contributed by atoms with Gasteiger partial charge >= 0.3 is 0 Å². The summed E-state index contributed by atoms with van der Waals surface area (Å²) in [5.74, 6) is -0.211. The van der Waals surface area contributed by atoms with Gasteiger partial charge in [0.05, 0.1) is 11.3 Å². The van der Waals surface area contributed by atoms with Gasteiger partial charge in [0, 0.05) is 20.1 Å². The van der Waals surface area contributed by atoms with Crippen LogP contribution in [0.5, 0.6) is 0 Å². The van der Waals surface area contributed by atoms with Crippen molar-refractivity contribution in [1.29, 1.82) is 5.26 Å². The van der Waals surface area contributed by atoms with Crippen molar-refractivity contribution in [1.82, 2.24) is 5.32 Å². The molecule has 1 aromatic heterocycles. The number of carbonyl (C=O) groups excluding carboxylic acids is 1. The molecule has 2 heterocycles. The van der Waals surface area contributed by atoms with Gasteiger partial charge in [-0.15, -0.1) is 11.3 Å². The minimum absolute atomic E-state index is 0.211. The molecule has 1 saturated heterocycles. The van der Waals surface area contributed by atoms with Crippen LogP contribution in [0.3, 0.4) is 0 Å². The van der Waals surface area contributed by atoms with Crippen molar-refractivity contribution in [2.45, 2.75) is 32.1 Å².